The quantitative estimate of drug-likeness (QED) is 0.0195. The predicted molar refractivity (Wildman–Crippen MR) is 373 cm³/mol. The zero-order valence-electron chi connectivity index (χ0n) is 44.0. The van der Waals surface area contributed by atoms with Crippen molar-refractivity contribution < 1.29 is 19.4 Å². The summed E-state index contributed by atoms with van der Waals surface area (Å²) in [6.45, 7) is 34.6. The van der Waals surface area contributed by atoms with Crippen LogP contribution < -0.4 is 32.1 Å². The zero-order valence-corrected chi connectivity index (χ0v) is 66.6. The summed E-state index contributed by atoms with van der Waals surface area (Å²) in [5.41, 5.74) is 5.17. The van der Waals surface area contributed by atoms with Gasteiger partial charge in [-0.1, -0.05) is 106 Å². The Labute approximate surface area is 555 Å². The second kappa shape index (κ2) is 65.3. The molecule has 18 nitrogen and oxygen atoms in total. The van der Waals surface area contributed by atoms with Gasteiger partial charge in [-0.2, -0.15) is 51.8 Å². The molecule has 430 valence electrons. The Morgan fingerprint density at radius 2 is 0.750 bits per heavy atom. The molecule has 0 aromatic carbocycles. The minimum absolute atomic E-state index is 0. The number of ether oxygens (including phenoxy) is 1. The van der Waals surface area contributed by atoms with Gasteiger partial charge in [0.2, 0.25) is 44.9 Å². The van der Waals surface area contributed by atoms with Gasteiger partial charge in [-0.3, -0.25) is 10.2 Å². The number of alkyl halides is 1. The van der Waals surface area contributed by atoms with Crippen LogP contribution in [0.4, 0.5) is 29.7 Å². The number of hydroxylamine groups is 1. The molecule has 0 unspecified atom stereocenters. The van der Waals surface area contributed by atoms with Crippen LogP contribution in [-0.4, -0.2) is 109 Å². The van der Waals surface area contributed by atoms with Crippen LogP contribution in [0.25, 0.3) is 0 Å². The van der Waals surface area contributed by atoms with Crippen molar-refractivity contribution in [3.8, 4) is 0 Å². The first-order valence-electron chi connectivity index (χ1n) is 20.7. The Hall–Kier alpha value is 3.44. The van der Waals surface area contributed by atoms with Crippen LogP contribution in [0.15, 0.2) is 0 Å². The normalized spacial score (nSPS) is 9.40. The number of hydrogen-bond acceptors (Lipinski definition) is 18. The van der Waals surface area contributed by atoms with Crippen LogP contribution in [0.1, 0.15) is 90.0 Å². The molecule has 0 atom stereocenters. The fourth-order valence-electron chi connectivity index (χ4n) is 2.74. The van der Waals surface area contributed by atoms with Crippen molar-refractivity contribution in [3.05, 3.63) is 35.5 Å². The molecule has 0 aliphatic rings. The van der Waals surface area contributed by atoms with Gasteiger partial charge in [0.25, 0.3) is 5.95 Å². The van der Waals surface area contributed by atoms with Crippen molar-refractivity contribution in [2.24, 2.45) is 35.3 Å². The van der Waals surface area contributed by atoms with Crippen molar-refractivity contribution in [1.82, 2.24) is 44.9 Å². The van der Waals surface area contributed by atoms with Crippen molar-refractivity contribution in [2.75, 3.05) is 80.3 Å². The van der Waals surface area contributed by atoms with E-state index >= 15 is 0 Å². The van der Waals surface area contributed by atoms with Crippen molar-refractivity contribution in [3.63, 3.8) is 0 Å². The summed E-state index contributed by atoms with van der Waals surface area (Å²) in [5.74, 6) is 5.36. The first kappa shape index (κ1) is 94.7. The Balaban J connectivity index is -0.0000000978. The van der Waals surface area contributed by atoms with Crippen LogP contribution in [0.3, 0.4) is 0 Å². The number of nitrogens with zero attached hydrogens (tertiary/aromatic N) is 10. The van der Waals surface area contributed by atoms with Crippen LogP contribution >= 0.6 is 214 Å². The summed E-state index contributed by atoms with van der Waals surface area (Å²) in [6, 6.07) is 0. The van der Waals surface area contributed by atoms with Gasteiger partial charge in [0.1, 0.15) is 0 Å². The molecule has 0 bridgehead atoms. The number of methoxy groups -OCH3 is 1. The van der Waals surface area contributed by atoms with Crippen LogP contribution in [0.5, 0.6) is 0 Å². The zero-order chi connectivity index (χ0) is 55.2. The molecule has 0 aliphatic carbocycles. The molecule has 72 heavy (non-hydrogen) atoms. The Kier molecular flexibility index (Phi) is 85.8. The van der Waals surface area contributed by atoms with E-state index in [0.717, 1.165) is 43.0 Å². The third-order valence-electron chi connectivity index (χ3n) is 5.60. The first-order chi connectivity index (χ1) is 31.9. The molecule has 0 fully saturated rings. The van der Waals surface area contributed by atoms with E-state index in [0.29, 0.717) is 59.3 Å². The van der Waals surface area contributed by atoms with Crippen molar-refractivity contribution in [2.45, 2.75) is 93.9 Å². The van der Waals surface area contributed by atoms with E-state index in [1.807, 2.05) is 0 Å². The van der Waals surface area contributed by atoms with Gasteiger partial charge >= 0.3 is 130 Å². The molecule has 3 heterocycles. The van der Waals surface area contributed by atoms with Gasteiger partial charge < -0.3 is 46.1 Å². The maximum atomic E-state index is 6.10. The number of aromatic nitrogens is 9. The van der Waals surface area contributed by atoms with E-state index < -0.39 is 0 Å². The summed E-state index contributed by atoms with van der Waals surface area (Å²) in [6.07, 6.45) is 0.875. The fraction of sp³-hybridized carbons (Fsp3) is 0.692. The Morgan fingerprint density at radius 1 is 0.556 bits per heavy atom. The molecule has 0 saturated heterocycles. The summed E-state index contributed by atoms with van der Waals surface area (Å²) in [5, 5.41) is 20.5. The van der Waals surface area contributed by atoms with E-state index in [-0.39, 0.29) is 63.2 Å². The first-order valence-corrected chi connectivity index (χ1v) is 50.5. The summed E-state index contributed by atoms with van der Waals surface area (Å²) in [7, 11) is 4.77. The van der Waals surface area contributed by atoms with Crippen molar-refractivity contribution >= 4 is 250 Å². The van der Waals surface area contributed by atoms with E-state index in [1.165, 1.54) is 12.2 Å². The minimum atomic E-state index is -0.278. The van der Waals surface area contributed by atoms with E-state index in [4.69, 9.17) is 62.4 Å². The third kappa shape index (κ3) is 82.3. The average molecular weight is 2010 g/mol. The molecule has 3 aromatic rings. The van der Waals surface area contributed by atoms with Gasteiger partial charge in [-0.25, -0.2) is 5.06 Å². The summed E-state index contributed by atoms with van der Waals surface area (Å²) < 4.78 is 4.89. The molecule has 7 N–H and O–H groups in total. The van der Waals surface area contributed by atoms with E-state index in [1.54, 1.807) is 21.1 Å². The van der Waals surface area contributed by atoms with Gasteiger partial charge in [0.15, 0.2) is 6.40 Å². The molecular weight excluding hydrogens is 1930 g/mol. The molecule has 3 rings (SSSR count). The molecule has 0 saturated carbocycles. The molecule has 0 amide bonds. The van der Waals surface area contributed by atoms with Gasteiger partial charge in [0.05, 0.1) is 14.2 Å². The standard InChI is InChI=1S/C13H26N6O.C11H20ClN5.C4H11N.C3Cl3N3.C3H7I.C2H5NO.C2H5.CH3.2ClH.6HI.2V/c1-9(2)7-14-11-16-12(15-8-10(3)4)18-13(17-11)19(5)20-6;1-7(2)5-13-10-15-9(12)16-11(17-10)14-6-8(3)4;1-4(2)3-5;4-1-7-2(5)9-3(6)8-1;1-3(2)4;1-4-2-3;1-2;;;;;;;;;;;/h9-10H,7-8H2,1-6H3,(H2,14,15,16,17,18);7-8H,5-6H2,1-4H3,(H2,13,14,15,16,17);4H,3,5H2,1-2H3;;3H,1-2H3;2-3H,1H3;1H2,2H3;1H3;8*1H;;/q;;;;;;2*-1;;;;;;;;;2*+3/p-6. The maximum absolute atomic E-state index is 6.10. The monoisotopic (exact) mass is 2000 g/mol. The average Bonchev–Trinajstić information content (AvgIpc) is 3.23. The van der Waals surface area contributed by atoms with Crippen LogP contribution in [0.2, 0.25) is 21.1 Å². The number of hydrogen-bond donors (Lipinski definition) is 6. The predicted octanol–water partition coefficient (Wildman–Crippen LogP) is 16.6. The molecule has 3 aromatic heterocycles. The molecule has 33 heteroatoms. The number of rotatable bonds is 16. The number of halogens is 13. The number of nitrogens with two attached hydrogens (primary N) is 1. The second-order valence-corrected chi connectivity index (χ2v) is 89.4. The number of nitrogens with one attached hydrogen (secondary N) is 5. The number of anilines is 5. The Bertz CT molecular complexity index is 1510. The van der Waals surface area contributed by atoms with E-state index in [2.05, 4.69) is 303 Å². The molecular formula is C39H79Cl6I7N16O2V2-2. The van der Waals surface area contributed by atoms with Gasteiger partial charge in [-0.05, 0) is 82.5 Å². The fourth-order valence-corrected chi connectivity index (χ4v) is 3.51. The summed E-state index contributed by atoms with van der Waals surface area (Å²) >= 11 is 38.9. The van der Waals surface area contributed by atoms with Gasteiger partial charge in [0, 0.05) is 37.2 Å². The second-order valence-electron chi connectivity index (χ2n) is 14.8. The third-order valence-corrected chi connectivity index (χ3v) is 6.28. The summed E-state index contributed by atoms with van der Waals surface area (Å²) in [4.78, 5) is 40.3. The molecule has 0 aliphatic heterocycles. The van der Waals surface area contributed by atoms with Crippen LogP contribution in [-0.2, 0) is 19.4 Å². The van der Waals surface area contributed by atoms with Crippen LogP contribution in [0, 0.1) is 49.3 Å². The molecule has 0 spiro atoms. The SMILES string of the molecule is CC(C)CN.CC(C)CNc1nc(Cl)nc(NCC(C)C)n1.CC(C)I.COC=N.CON(C)c1nc(NCC(C)C)nc(NCC(C)C)n1.Cl.Cl.Clc1nc(Cl)nc(Cl)n1.[CH2-]C.[CH3-].[I][V]([I])[I].[I][V]([I])[I]. The molecule has 0 radical (unpaired) electrons. The van der Waals surface area contributed by atoms with E-state index in [9.17, 15) is 0 Å². The Morgan fingerprint density at radius 3 is 0.917 bits per heavy atom. The topological polar surface area (TPSA) is 236 Å². The van der Waals surface area contributed by atoms with Gasteiger partial charge in [-0.15, -0.1) is 24.8 Å². The van der Waals surface area contributed by atoms with Crippen molar-refractivity contribution in [1.29, 1.82) is 5.41 Å².